The zero-order valence-corrected chi connectivity index (χ0v) is 12.6. The van der Waals surface area contributed by atoms with Crippen LogP contribution in [0.1, 0.15) is 20.3 Å². The number of fused-ring (bicyclic) bond motifs is 2. The molecular weight excluding hydrogens is 292 g/mol. The Morgan fingerprint density at radius 2 is 1.95 bits per heavy atom. The topological polar surface area (TPSA) is 120 Å². The van der Waals surface area contributed by atoms with Gasteiger partial charge in [0, 0.05) is 11.3 Å². The van der Waals surface area contributed by atoms with Crippen LogP contribution in [0.15, 0.2) is 0 Å². The van der Waals surface area contributed by atoms with E-state index in [0.29, 0.717) is 6.42 Å². The number of carbonyl (C=O) groups is 1. The Kier molecular flexibility index (Phi) is 2.79. The van der Waals surface area contributed by atoms with E-state index in [0.717, 1.165) is 0 Å². The zero-order valence-electron chi connectivity index (χ0n) is 12.6. The summed E-state index contributed by atoms with van der Waals surface area (Å²) in [5, 5.41) is 41.9. The maximum Gasteiger partial charge on any atom is 0.164 e. The average Bonchev–Trinajstić information content (AvgIpc) is 3.27. The first-order valence-electron chi connectivity index (χ1n) is 7.76. The van der Waals surface area contributed by atoms with Crippen molar-refractivity contribution < 1.29 is 34.7 Å². The summed E-state index contributed by atoms with van der Waals surface area (Å²) in [5.41, 5.74) is -3.48. The Labute approximate surface area is 127 Å². The SMILES string of the molecule is CC1C[C@H]2O[C@@H]3[C@H](O)[C@@H](O)[C@](C)([C@@]2(CO)[C@H](O)C1=O)[C@]31CO1. The number of ketones is 1. The predicted molar refractivity (Wildman–Crippen MR) is 71.8 cm³/mol. The van der Waals surface area contributed by atoms with Gasteiger partial charge in [0.05, 0.1) is 30.8 Å². The molecule has 4 rings (SSSR count). The first kappa shape index (κ1) is 15.0. The third-order valence-electron chi connectivity index (χ3n) is 6.94. The maximum atomic E-state index is 12.4. The monoisotopic (exact) mass is 314 g/mol. The van der Waals surface area contributed by atoms with Crippen molar-refractivity contribution in [3.63, 3.8) is 0 Å². The van der Waals surface area contributed by atoms with Crippen LogP contribution in [-0.2, 0) is 14.3 Å². The number of carbonyl (C=O) groups excluding carboxylic acids is 1. The lowest BCUT2D eigenvalue weighted by molar-refractivity contribution is -0.276. The molecule has 0 radical (unpaired) electrons. The minimum atomic E-state index is -1.46. The first-order valence-corrected chi connectivity index (χ1v) is 7.76. The minimum Gasteiger partial charge on any atom is -0.396 e. The van der Waals surface area contributed by atoms with Crippen LogP contribution in [0, 0.1) is 16.7 Å². The van der Waals surface area contributed by atoms with E-state index < -0.39 is 59.5 Å². The van der Waals surface area contributed by atoms with Gasteiger partial charge in [-0.25, -0.2) is 0 Å². The van der Waals surface area contributed by atoms with Gasteiger partial charge in [-0.2, -0.15) is 0 Å². The lowest BCUT2D eigenvalue weighted by Gasteiger charge is -2.60. The summed E-state index contributed by atoms with van der Waals surface area (Å²) >= 11 is 0. The van der Waals surface area contributed by atoms with Crippen LogP contribution in [0.3, 0.4) is 0 Å². The molecule has 2 heterocycles. The summed E-state index contributed by atoms with van der Waals surface area (Å²) < 4.78 is 11.6. The molecule has 2 bridgehead atoms. The number of epoxide rings is 1. The molecule has 4 N–H and O–H groups in total. The summed E-state index contributed by atoms with van der Waals surface area (Å²) in [7, 11) is 0. The smallest absolute Gasteiger partial charge is 0.164 e. The average molecular weight is 314 g/mol. The van der Waals surface area contributed by atoms with E-state index in [1.54, 1.807) is 13.8 Å². The fourth-order valence-electron chi connectivity index (χ4n) is 5.40. The molecule has 1 unspecified atom stereocenters. The van der Waals surface area contributed by atoms with Crippen molar-refractivity contribution in [1.29, 1.82) is 0 Å². The standard InChI is InChI=1S/C15H22O7/c1-6-3-7-14(4-16,11(20)8(6)17)13(2)10(19)9(18)12(22-7)15(13)5-21-15/h6-7,9-12,16,18-20H,3-5H2,1-2H3/t6?,7-,9-,10-,11-,12-,13-,14-,15+/m1/s1. The van der Waals surface area contributed by atoms with Gasteiger partial charge in [-0.3, -0.25) is 4.79 Å². The minimum absolute atomic E-state index is 0.271. The van der Waals surface area contributed by atoms with Crippen LogP contribution in [-0.4, -0.2) is 75.5 Å². The van der Waals surface area contributed by atoms with Crippen molar-refractivity contribution in [3.8, 4) is 0 Å². The van der Waals surface area contributed by atoms with E-state index in [1.807, 2.05) is 0 Å². The fourth-order valence-corrected chi connectivity index (χ4v) is 5.40. The van der Waals surface area contributed by atoms with Gasteiger partial charge in [-0.05, 0) is 6.42 Å². The molecular formula is C15H22O7. The first-order chi connectivity index (χ1) is 10.3. The number of ether oxygens (including phenoxy) is 2. The summed E-state index contributed by atoms with van der Waals surface area (Å²) in [6.07, 6.45) is -4.84. The molecule has 2 aliphatic carbocycles. The third kappa shape index (κ3) is 1.22. The highest BCUT2D eigenvalue weighted by Crippen LogP contribution is 2.71. The molecule has 9 atom stereocenters. The molecule has 124 valence electrons. The van der Waals surface area contributed by atoms with Gasteiger partial charge < -0.3 is 29.9 Å². The van der Waals surface area contributed by atoms with Crippen LogP contribution in [0.2, 0.25) is 0 Å². The molecule has 0 aromatic heterocycles. The van der Waals surface area contributed by atoms with Crippen molar-refractivity contribution in [1.82, 2.24) is 0 Å². The molecule has 7 heteroatoms. The number of rotatable bonds is 1. The molecule has 4 aliphatic rings. The summed E-state index contributed by atoms with van der Waals surface area (Å²) in [6, 6.07) is 0. The van der Waals surface area contributed by atoms with Gasteiger partial charge in [-0.15, -0.1) is 0 Å². The number of aliphatic hydroxyl groups excluding tert-OH is 4. The third-order valence-corrected chi connectivity index (χ3v) is 6.94. The second-order valence-electron chi connectivity index (χ2n) is 7.50. The lowest BCUT2D eigenvalue weighted by atomic mass is 9.48. The maximum absolute atomic E-state index is 12.4. The molecule has 22 heavy (non-hydrogen) atoms. The van der Waals surface area contributed by atoms with Gasteiger partial charge in [0.2, 0.25) is 0 Å². The van der Waals surface area contributed by atoms with Crippen LogP contribution in [0.5, 0.6) is 0 Å². The summed E-state index contributed by atoms with van der Waals surface area (Å²) in [6.45, 7) is 3.15. The molecule has 2 saturated heterocycles. The number of Topliss-reactive ketones (excluding diaryl/α,β-unsaturated/α-hetero) is 1. The number of aliphatic hydroxyl groups is 4. The van der Waals surface area contributed by atoms with Crippen LogP contribution >= 0.6 is 0 Å². The van der Waals surface area contributed by atoms with E-state index in [1.165, 1.54) is 0 Å². The Bertz CT molecular complexity index is 532. The van der Waals surface area contributed by atoms with E-state index >= 15 is 0 Å². The van der Waals surface area contributed by atoms with E-state index in [9.17, 15) is 25.2 Å². The molecule has 0 amide bonds. The quantitative estimate of drug-likeness (QED) is 0.422. The Morgan fingerprint density at radius 1 is 1.32 bits per heavy atom. The number of hydrogen-bond acceptors (Lipinski definition) is 7. The largest absolute Gasteiger partial charge is 0.396 e. The fraction of sp³-hybridized carbons (Fsp3) is 0.933. The highest BCUT2D eigenvalue weighted by molar-refractivity contribution is 5.87. The van der Waals surface area contributed by atoms with Crippen molar-refractivity contribution in [2.24, 2.45) is 16.7 Å². The van der Waals surface area contributed by atoms with Crippen LogP contribution in [0.25, 0.3) is 0 Å². The summed E-state index contributed by atoms with van der Waals surface area (Å²) in [4.78, 5) is 12.4. The Balaban J connectivity index is 1.93. The van der Waals surface area contributed by atoms with Crippen molar-refractivity contribution >= 4 is 5.78 Å². The molecule has 0 aromatic rings. The highest BCUT2D eigenvalue weighted by Gasteiger charge is 2.86. The zero-order chi connectivity index (χ0) is 16.1. The number of hydrogen-bond donors (Lipinski definition) is 4. The van der Waals surface area contributed by atoms with Crippen molar-refractivity contribution in [2.75, 3.05) is 13.2 Å². The van der Waals surface area contributed by atoms with Gasteiger partial charge in [0.15, 0.2) is 5.78 Å². The highest BCUT2D eigenvalue weighted by atomic mass is 16.6. The van der Waals surface area contributed by atoms with Crippen LogP contribution < -0.4 is 0 Å². The Hall–Kier alpha value is -0.570. The normalized spacial score (nSPS) is 63.1. The molecule has 2 saturated carbocycles. The lowest BCUT2D eigenvalue weighted by Crippen LogP contribution is -2.73. The second kappa shape index (κ2) is 4.09. The molecule has 0 aromatic carbocycles. The van der Waals surface area contributed by atoms with Crippen molar-refractivity contribution in [2.45, 2.75) is 56.4 Å². The van der Waals surface area contributed by atoms with Gasteiger partial charge in [-0.1, -0.05) is 13.8 Å². The van der Waals surface area contributed by atoms with E-state index in [2.05, 4.69) is 0 Å². The second-order valence-corrected chi connectivity index (χ2v) is 7.50. The van der Waals surface area contributed by atoms with E-state index in [4.69, 9.17) is 9.47 Å². The summed E-state index contributed by atoms with van der Waals surface area (Å²) in [5.74, 6) is -0.760. The molecule has 2 aliphatic heterocycles. The molecule has 1 spiro atoms. The Morgan fingerprint density at radius 3 is 2.50 bits per heavy atom. The molecule has 7 nitrogen and oxygen atoms in total. The van der Waals surface area contributed by atoms with Crippen molar-refractivity contribution in [3.05, 3.63) is 0 Å². The molecule has 4 fully saturated rings. The van der Waals surface area contributed by atoms with Crippen LogP contribution in [0.4, 0.5) is 0 Å². The predicted octanol–water partition coefficient (Wildman–Crippen LogP) is -1.79. The van der Waals surface area contributed by atoms with Gasteiger partial charge >= 0.3 is 0 Å². The van der Waals surface area contributed by atoms with Gasteiger partial charge in [0.1, 0.15) is 23.9 Å². The van der Waals surface area contributed by atoms with Gasteiger partial charge in [0.25, 0.3) is 0 Å². The van der Waals surface area contributed by atoms with E-state index in [-0.39, 0.29) is 12.4 Å².